The highest BCUT2D eigenvalue weighted by molar-refractivity contribution is 9.10. The van der Waals surface area contributed by atoms with Crippen LogP contribution in [0.4, 0.5) is 0 Å². The van der Waals surface area contributed by atoms with Crippen LogP contribution in [-0.4, -0.2) is 29.9 Å². The molecule has 0 unspecified atom stereocenters. The first kappa shape index (κ1) is 13.6. The van der Waals surface area contributed by atoms with E-state index in [9.17, 15) is 4.79 Å². The molecule has 1 amide bonds. The average molecular weight is 311 g/mol. The number of nitrogens with zero attached hydrogens (tertiary/aromatic N) is 1. The van der Waals surface area contributed by atoms with Crippen molar-refractivity contribution in [1.29, 1.82) is 0 Å². The van der Waals surface area contributed by atoms with Gasteiger partial charge in [0.05, 0.1) is 5.56 Å². The molecular formula is C14H19BrN2O. The predicted molar refractivity (Wildman–Crippen MR) is 76.4 cm³/mol. The Morgan fingerprint density at radius 3 is 2.89 bits per heavy atom. The topological polar surface area (TPSA) is 46.3 Å². The monoisotopic (exact) mass is 310 g/mol. The van der Waals surface area contributed by atoms with Gasteiger partial charge in [0.1, 0.15) is 0 Å². The summed E-state index contributed by atoms with van der Waals surface area (Å²) in [6.07, 6.45) is 2.22. The van der Waals surface area contributed by atoms with E-state index in [0.29, 0.717) is 12.5 Å². The van der Waals surface area contributed by atoms with E-state index in [2.05, 4.69) is 22.9 Å². The minimum atomic E-state index is 0.0875. The van der Waals surface area contributed by atoms with Gasteiger partial charge in [-0.15, -0.1) is 0 Å². The molecule has 4 heteroatoms. The summed E-state index contributed by atoms with van der Waals surface area (Å²) in [6.45, 7) is 3.53. The third-order valence-electron chi connectivity index (χ3n) is 3.72. The number of rotatable bonds is 2. The Morgan fingerprint density at radius 1 is 1.50 bits per heavy atom. The smallest absolute Gasteiger partial charge is 0.255 e. The summed E-state index contributed by atoms with van der Waals surface area (Å²) in [5.41, 5.74) is 6.56. The molecule has 1 aromatic carbocycles. The zero-order valence-corrected chi connectivity index (χ0v) is 12.2. The molecule has 2 rings (SSSR count). The third kappa shape index (κ3) is 2.59. The van der Waals surface area contributed by atoms with Gasteiger partial charge >= 0.3 is 0 Å². The fourth-order valence-electron chi connectivity index (χ4n) is 2.65. The first-order valence-corrected chi connectivity index (χ1v) is 7.20. The van der Waals surface area contributed by atoms with Gasteiger partial charge < -0.3 is 10.6 Å². The van der Waals surface area contributed by atoms with Crippen LogP contribution in [0.25, 0.3) is 0 Å². The SMILES string of the molecule is C[C@@H]1CCCN(C(=O)c2ccccc2Br)[C@H]1CN. The molecule has 1 aliphatic heterocycles. The molecular weight excluding hydrogens is 292 g/mol. The summed E-state index contributed by atoms with van der Waals surface area (Å²) >= 11 is 3.44. The summed E-state index contributed by atoms with van der Waals surface area (Å²) in [4.78, 5) is 14.5. The number of piperidine rings is 1. The molecule has 0 spiro atoms. The van der Waals surface area contributed by atoms with E-state index in [1.165, 1.54) is 0 Å². The number of halogens is 1. The number of carbonyl (C=O) groups is 1. The van der Waals surface area contributed by atoms with Crippen molar-refractivity contribution in [2.75, 3.05) is 13.1 Å². The lowest BCUT2D eigenvalue weighted by molar-refractivity contribution is 0.0531. The summed E-state index contributed by atoms with van der Waals surface area (Å²) in [5, 5.41) is 0. The van der Waals surface area contributed by atoms with E-state index in [0.717, 1.165) is 29.4 Å². The molecule has 98 valence electrons. The molecule has 2 N–H and O–H groups in total. The lowest BCUT2D eigenvalue weighted by Crippen LogP contribution is -2.51. The molecule has 3 nitrogen and oxygen atoms in total. The Balaban J connectivity index is 2.25. The van der Waals surface area contributed by atoms with Crippen LogP contribution in [-0.2, 0) is 0 Å². The zero-order valence-electron chi connectivity index (χ0n) is 10.6. The maximum absolute atomic E-state index is 12.6. The van der Waals surface area contributed by atoms with Gasteiger partial charge in [-0.25, -0.2) is 0 Å². The van der Waals surface area contributed by atoms with Crippen molar-refractivity contribution in [2.45, 2.75) is 25.8 Å². The van der Waals surface area contributed by atoms with Gasteiger partial charge in [0.15, 0.2) is 0 Å². The molecule has 18 heavy (non-hydrogen) atoms. The van der Waals surface area contributed by atoms with E-state index in [1.54, 1.807) is 0 Å². The molecule has 0 saturated carbocycles. The van der Waals surface area contributed by atoms with Gasteiger partial charge in [-0.2, -0.15) is 0 Å². The van der Waals surface area contributed by atoms with Crippen molar-refractivity contribution in [3.63, 3.8) is 0 Å². The van der Waals surface area contributed by atoms with Crippen molar-refractivity contribution in [3.8, 4) is 0 Å². The Morgan fingerprint density at radius 2 is 2.22 bits per heavy atom. The van der Waals surface area contributed by atoms with E-state index >= 15 is 0 Å². The third-order valence-corrected chi connectivity index (χ3v) is 4.41. The molecule has 1 saturated heterocycles. The maximum Gasteiger partial charge on any atom is 0.255 e. The maximum atomic E-state index is 12.6. The number of benzene rings is 1. The standard InChI is InChI=1S/C14H19BrN2O/c1-10-5-4-8-17(13(10)9-16)14(18)11-6-2-3-7-12(11)15/h2-3,6-7,10,13H,4-5,8-9,16H2,1H3/t10-,13+/m1/s1. The lowest BCUT2D eigenvalue weighted by Gasteiger charge is -2.39. The number of hydrogen-bond acceptors (Lipinski definition) is 2. The molecule has 0 aromatic heterocycles. The van der Waals surface area contributed by atoms with Crippen LogP contribution in [0.2, 0.25) is 0 Å². The Kier molecular flexibility index (Phi) is 4.40. The highest BCUT2D eigenvalue weighted by atomic mass is 79.9. The van der Waals surface area contributed by atoms with Crippen molar-refractivity contribution >= 4 is 21.8 Å². The van der Waals surface area contributed by atoms with Gasteiger partial charge in [0.25, 0.3) is 5.91 Å². The van der Waals surface area contributed by atoms with Crippen molar-refractivity contribution in [3.05, 3.63) is 34.3 Å². The molecule has 1 heterocycles. The van der Waals surface area contributed by atoms with Gasteiger partial charge in [-0.05, 0) is 46.8 Å². The number of likely N-dealkylation sites (tertiary alicyclic amines) is 1. The molecule has 0 bridgehead atoms. The highest BCUT2D eigenvalue weighted by Gasteiger charge is 2.31. The lowest BCUT2D eigenvalue weighted by atomic mass is 9.90. The molecule has 1 aromatic rings. The van der Waals surface area contributed by atoms with Crippen LogP contribution in [0.1, 0.15) is 30.1 Å². The first-order chi connectivity index (χ1) is 8.65. The van der Waals surface area contributed by atoms with Crippen molar-refractivity contribution in [1.82, 2.24) is 4.90 Å². The second kappa shape index (κ2) is 5.85. The van der Waals surface area contributed by atoms with E-state index in [4.69, 9.17) is 5.73 Å². The number of amides is 1. The quantitative estimate of drug-likeness (QED) is 0.913. The second-order valence-corrected chi connectivity index (χ2v) is 5.76. The fraction of sp³-hybridized carbons (Fsp3) is 0.500. The summed E-state index contributed by atoms with van der Waals surface area (Å²) in [7, 11) is 0. The van der Waals surface area contributed by atoms with Crippen molar-refractivity contribution in [2.24, 2.45) is 11.7 Å². The zero-order chi connectivity index (χ0) is 13.1. The van der Waals surface area contributed by atoms with Crippen LogP contribution in [0, 0.1) is 5.92 Å². The van der Waals surface area contributed by atoms with Gasteiger partial charge in [0, 0.05) is 23.6 Å². The molecule has 0 radical (unpaired) electrons. The van der Waals surface area contributed by atoms with E-state index in [1.807, 2.05) is 29.2 Å². The summed E-state index contributed by atoms with van der Waals surface area (Å²) in [6, 6.07) is 7.73. The van der Waals surface area contributed by atoms with Crippen molar-refractivity contribution < 1.29 is 4.79 Å². The van der Waals surface area contributed by atoms with E-state index < -0.39 is 0 Å². The van der Waals surface area contributed by atoms with Gasteiger partial charge in [0.2, 0.25) is 0 Å². The molecule has 1 aliphatic rings. The Hall–Kier alpha value is -0.870. The average Bonchev–Trinajstić information content (AvgIpc) is 2.38. The molecule has 0 aliphatic carbocycles. The highest BCUT2D eigenvalue weighted by Crippen LogP contribution is 2.26. The minimum Gasteiger partial charge on any atom is -0.334 e. The van der Waals surface area contributed by atoms with E-state index in [-0.39, 0.29) is 11.9 Å². The van der Waals surface area contributed by atoms with Crippen LogP contribution >= 0.6 is 15.9 Å². The fourth-order valence-corrected chi connectivity index (χ4v) is 3.10. The van der Waals surface area contributed by atoms with Crippen LogP contribution < -0.4 is 5.73 Å². The summed E-state index contributed by atoms with van der Waals surface area (Å²) < 4.78 is 0.851. The number of carbonyl (C=O) groups excluding carboxylic acids is 1. The number of hydrogen-bond donors (Lipinski definition) is 1. The van der Waals surface area contributed by atoms with Crippen LogP contribution in [0.15, 0.2) is 28.7 Å². The molecule has 1 fully saturated rings. The Labute approximate surface area is 116 Å². The normalized spacial score (nSPS) is 24.1. The minimum absolute atomic E-state index is 0.0875. The molecule has 2 atom stereocenters. The Bertz CT molecular complexity index is 436. The number of nitrogens with two attached hydrogens (primary N) is 1. The van der Waals surface area contributed by atoms with Gasteiger partial charge in [-0.1, -0.05) is 19.1 Å². The van der Waals surface area contributed by atoms with Crippen LogP contribution in [0.5, 0.6) is 0 Å². The summed E-state index contributed by atoms with van der Waals surface area (Å²) in [5.74, 6) is 0.569. The second-order valence-electron chi connectivity index (χ2n) is 4.90. The van der Waals surface area contributed by atoms with Gasteiger partial charge in [-0.3, -0.25) is 4.79 Å². The predicted octanol–water partition coefficient (Wildman–Crippen LogP) is 2.65. The largest absolute Gasteiger partial charge is 0.334 e. The first-order valence-electron chi connectivity index (χ1n) is 6.40. The van der Waals surface area contributed by atoms with Crippen LogP contribution in [0.3, 0.4) is 0 Å².